The summed E-state index contributed by atoms with van der Waals surface area (Å²) in [5, 5.41) is 10.9. The Balaban J connectivity index is 1.94. The van der Waals surface area contributed by atoms with E-state index in [1.165, 1.54) is 0 Å². The van der Waals surface area contributed by atoms with E-state index in [1.807, 2.05) is 66.2 Å². The van der Waals surface area contributed by atoms with Crippen molar-refractivity contribution in [1.29, 1.82) is 0 Å². The molecule has 1 heterocycles. The number of fused-ring (bicyclic) bond motifs is 1. The molecule has 0 aliphatic rings. The summed E-state index contributed by atoms with van der Waals surface area (Å²) in [6, 6.07) is 17.2. The Morgan fingerprint density at radius 1 is 1.17 bits per heavy atom. The van der Waals surface area contributed by atoms with Crippen molar-refractivity contribution in [3.05, 3.63) is 70.9 Å². The first-order valence-electron chi connectivity index (χ1n) is 7.79. The van der Waals surface area contributed by atoms with Gasteiger partial charge in [0.15, 0.2) is 0 Å². The van der Waals surface area contributed by atoms with E-state index in [1.54, 1.807) is 4.90 Å². The Hall–Kier alpha value is -2.30. The number of hydrogen-bond donors (Lipinski definition) is 1. The van der Waals surface area contributed by atoms with Crippen LogP contribution in [0.4, 0.5) is 0 Å². The average Bonchev–Trinajstić information content (AvgIpc) is 2.91. The van der Waals surface area contributed by atoms with Gasteiger partial charge in [0.05, 0.1) is 6.61 Å². The van der Waals surface area contributed by atoms with Crippen LogP contribution in [-0.4, -0.2) is 33.6 Å². The van der Waals surface area contributed by atoms with Gasteiger partial charge in [0.25, 0.3) is 5.91 Å². The molecule has 0 fully saturated rings. The Morgan fingerprint density at radius 3 is 2.62 bits per heavy atom. The van der Waals surface area contributed by atoms with Crippen LogP contribution in [-0.2, 0) is 13.6 Å². The molecule has 4 nitrogen and oxygen atoms in total. The molecule has 124 valence electrons. The van der Waals surface area contributed by atoms with Gasteiger partial charge in [-0.25, -0.2) is 0 Å². The van der Waals surface area contributed by atoms with E-state index in [9.17, 15) is 9.90 Å². The van der Waals surface area contributed by atoms with E-state index in [2.05, 4.69) is 0 Å². The number of nitrogens with zero attached hydrogens (tertiary/aromatic N) is 2. The first-order valence-corrected chi connectivity index (χ1v) is 8.17. The highest BCUT2D eigenvalue weighted by Gasteiger charge is 2.20. The lowest BCUT2D eigenvalue weighted by molar-refractivity contribution is 0.0698. The van der Waals surface area contributed by atoms with Gasteiger partial charge in [0, 0.05) is 36.1 Å². The molecule has 1 amide bonds. The average molecular weight is 343 g/mol. The molecule has 0 aliphatic carbocycles. The summed E-state index contributed by atoms with van der Waals surface area (Å²) in [6.45, 7) is 0.673. The summed E-state index contributed by atoms with van der Waals surface area (Å²) in [5.41, 5.74) is 2.52. The van der Waals surface area contributed by atoms with E-state index in [0.717, 1.165) is 16.5 Å². The molecule has 1 N–H and O–H groups in total. The van der Waals surface area contributed by atoms with Gasteiger partial charge in [-0.15, -0.1) is 0 Å². The third-order valence-electron chi connectivity index (χ3n) is 4.10. The highest BCUT2D eigenvalue weighted by atomic mass is 35.5. The number of carbonyl (C=O) groups is 1. The van der Waals surface area contributed by atoms with Crippen LogP contribution in [0.15, 0.2) is 54.6 Å². The van der Waals surface area contributed by atoms with Crippen molar-refractivity contribution in [3.8, 4) is 0 Å². The molecule has 3 rings (SSSR count). The van der Waals surface area contributed by atoms with Crippen molar-refractivity contribution in [2.24, 2.45) is 7.05 Å². The van der Waals surface area contributed by atoms with Gasteiger partial charge in [-0.2, -0.15) is 0 Å². The summed E-state index contributed by atoms with van der Waals surface area (Å²) < 4.78 is 1.85. The van der Waals surface area contributed by atoms with Gasteiger partial charge < -0.3 is 14.6 Å². The van der Waals surface area contributed by atoms with E-state index in [-0.39, 0.29) is 19.1 Å². The predicted molar refractivity (Wildman–Crippen MR) is 96.2 cm³/mol. The molecule has 3 aromatic rings. The molecule has 1 aromatic heterocycles. The minimum absolute atomic E-state index is 0.0751. The molecule has 2 aromatic carbocycles. The lowest BCUT2D eigenvalue weighted by atomic mass is 10.2. The molecule has 0 atom stereocenters. The monoisotopic (exact) mass is 342 g/mol. The van der Waals surface area contributed by atoms with E-state index < -0.39 is 0 Å². The fourth-order valence-electron chi connectivity index (χ4n) is 2.85. The van der Waals surface area contributed by atoms with Crippen LogP contribution in [0.1, 0.15) is 16.1 Å². The van der Waals surface area contributed by atoms with Crippen molar-refractivity contribution < 1.29 is 9.90 Å². The van der Waals surface area contributed by atoms with Crippen LogP contribution >= 0.6 is 11.6 Å². The number of amides is 1. The number of aromatic nitrogens is 1. The second-order valence-electron chi connectivity index (χ2n) is 5.73. The lowest BCUT2D eigenvalue weighted by Crippen LogP contribution is -2.34. The van der Waals surface area contributed by atoms with Crippen molar-refractivity contribution in [1.82, 2.24) is 9.47 Å². The van der Waals surface area contributed by atoms with Crippen LogP contribution in [0.5, 0.6) is 0 Å². The van der Waals surface area contributed by atoms with Gasteiger partial charge in [0.1, 0.15) is 5.69 Å². The topological polar surface area (TPSA) is 45.5 Å². The number of aliphatic hydroxyl groups excluding tert-OH is 1. The third kappa shape index (κ3) is 3.30. The zero-order valence-electron chi connectivity index (χ0n) is 13.4. The van der Waals surface area contributed by atoms with Gasteiger partial charge in [0.2, 0.25) is 0 Å². The van der Waals surface area contributed by atoms with E-state index in [4.69, 9.17) is 11.6 Å². The van der Waals surface area contributed by atoms with Crippen LogP contribution in [0, 0.1) is 0 Å². The number of hydrogen-bond acceptors (Lipinski definition) is 2. The fourth-order valence-corrected chi connectivity index (χ4v) is 3.01. The molecule has 0 radical (unpaired) electrons. The summed E-state index contributed by atoms with van der Waals surface area (Å²) in [5.74, 6) is -0.109. The van der Waals surface area contributed by atoms with Crippen LogP contribution < -0.4 is 0 Å². The fraction of sp³-hybridized carbons (Fsp3) is 0.211. The summed E-state index contributed by atoms with van der Waals surface area (Å²) in [7, 11) is 1.85. The number of aryl methyl sites for hydroxylation is 1. The number of halogens is 1. The quantitative estimate of drug-likeness (QED) is 0.771. The minimum Gasteiger partial charge on any atom is -0.395 e. The van der Waals surface area contributed by atoms with Crippen LogP contribution in [0.2, 0.25) is 5.02 Å². The molecule has 0 aliphatic heterocycles. The standard InChI is InChI=1S/C19H19ClN2O2/c1-21-17-12-16(20)8-7-15(17)11-18(21)19(24)22(9-10-23)13-14-5-3-2-4-6-14/h2-8,11-12,23H,9-10,13H2,1H3. The van der Waals surface area contributed by atoms with Crippen LogP contribution in [0.3, 0.4) is 0 Å². The molecule has 0 bridgehead atoms. The van der Waals surface area contributed by atoms with Crippen molar-refractivity contribution in [2.75, 3.05) is 13.2 Å². The maximum atomic E-state index is 13.0. The lowest BCUT2D eigenvalue weighted by Gasteiger charge is -2.22. The second-order valence-corrected chi connectivity index (χ2v) is 6.16. The number of benzene rings is 2. The third-order valence-corrected chi connectivity index (χ3v) is 4.34. The number of carbonyl (C=O) groups excluding carboxylic acids is 1. The SMILES string of the molecule is Cn1c(C(=O)N(CCO)Cc2ccccc2)cc2ccc(Cl)cc21. The molecule has 0 spiro atoms. The van der Waals surface area contributed by atoms with Crippen molar-refractivity contribution in [3.63, 3.8) is 0 Å². The predicted octanol–water partition coefficient (Wildman–Crippen LogP) is 3.47. The maximum absolute atomic E-state index is 13.0. The van der Waals surface area contributed by atoms with E-state index in [0.29, 0.717) is 17.3 Å². The normalized spacial score (nSPS) is 11.0. The van der Waals surface area contributed by atoms with Crippen molar-refractivity contribution in [2.45, 2.75) is 6.54 Å². The molecular weight excluding hydrogens is 324 g/mol. The Bertz CT molecular complexity index is 858. The minimum atomic E-state index is -0.109. The summed E-state index contributed by atoms with van der Waals surface area (Å²) in [4.78, 5) is 14.6. The molecule has 5 heteroatoms. The molecule has 24 heavy (non-hydrogen) atoms. The first-order chi connectivity index (χ1) is 11.6. The summed E-state index contributed by atoms with van der Waals surface area (Å²) in [6.07, 6.45) is 0. The van der Waals surface area contributed by atoms with Gasteiger partial charge in [-0.1, -0.05) is 48.0 Å². The Labute approximate surface area is 145 Å². The zero-order chi connectivity index (χ0) is 17.1. The van der Waals surface area contributed by atoms with E-state index >= 15 is 0 Å². The largest absolute Gasteiger partial charge is 0.395 e. The van der Waals surface area contributed by atoms with Gasteiger partial charge in [-0.05, 0) is 23.8 Å². The first kappa shape index (κ1) is 16.6. The molecule has 0 saturated heterocycles. The Kier molecular flexibility index (Phi) is 4.88. The van der Waals surface area contributed by atoms with Crippen molar-refractivity contribution >= 4 is 28.4 Å². The maximum Gasteiger partial charge on any atom is 0.270 e. The Morgan fingerprint density at radius 2 is 1.92 bits per heavy atom. The van der Waals surface area contributed by atoms with Gasteiger partial charge >= 0.3 is 0 Å². The second kappa shape index (κ2) is 7.07. The highest BCUT2D eigenvalue weighted by Crippen LogP contribution is 2.23. The van der Waals surface area contributed by atoms with Gasteiger partial charge in [-0.3, -0.25) is 4.79 Å². The summed E-state index contributed by atoms with van der Waals surface area (Å²) >= 11 is 6.06. The molecular formula is C19H19ClN2O2. The number of aliphatic hydroxyl groups is 1. The zero-order valence-corrected chi connectivity index (χ0v) is 14.2. The van der Waals surface area contributed by atoms with Crippen LogP contribution in [0.25, 0.3) is 10.9 Å². The molecule has 0 unspecified atom stereocenters. The number of rotatable bonds is 5. The molecule has 0 saturated carbocycles. The highest BCUT2D eigenvalue weighted by molar-refractivity contribution is 6.31. The smallest absolute Gasteiger partial charge is 0.270 e.